The molecular weight excluding hydrogens is 342 g/mol. The minimum absolute atomic E-state index is 0.0484. The summed E-state index contributed by atoms with van der Waals surface area (Å²) in [5.74, 6) is 1.82. The number of rotatable bonds is 4. The van der Waals surface area contributed by atoms with Crippen molar-refractivity contribution in [1.82, 2.24) is 14.3 Å². The molecule has 0 saturated heterocycles. The summed E-state index contributed by atoms with van der Waals surface area (Å²) in [6.45, 7) is 0.450. The van der Waals surface area contributed by atoms with Gasteiger partial charge in [0.1, 0.15) is 0 Å². The summed E-state index contributed by atoms with van der Waals surface area (Å²) in [7, 11) is -2.33. The molecule has 1 aromatic heterocycles. The van der Waals surface area contributed by atoms with Gasteiger partial charge in [0.2, 0.25) is 10.0 Å². The van der Waals surface area contributed by atoms with E-state index in [2.05, 4.69) is 9.71 Å². The van der Waals surface area contributed by atoms with Crippen molar-refractivity contribution in [2.45, 2.75) is 30.6 Å². The summed E-state index contributed by atoms with van der Waals surface area (Å²) in [6, 6.07) is 4.21. The van der Waals surface area contributed by atoms with Gasteiger partial charge in [0.25, 0.3) is 5.56 Å². The van der Waals surface area contributed by atoms with Gasteiger partial charge in [-0.3, -0.25) is 9.36 Å². The average molecular weight is 363 g/mol. The zero-order valence-electron chi connectivity index (χ0n) is 14.0. The molecule has 0 spiro atoms. The van der Waals surface area contributed by atoms with Crippen LogP contribution >= 0.6 is 0 Å². The smallest absolute Gasteiger partial charge is 0.307 e. The fourth-order valence-electron chi connectivity index (χ4n) is 4.37. The van der Waals surface area contributed by atoms with E-state index in [0.717, 1.165) is 16.9 Å². The van der Waals surface area contributed by atoms with Crippen molar-refractivity contribution >= 4 is 20.9 Å². The molecule has 0 unspecified atom stereocenters. The third-order valence-electron chi connectivity index (χ3n) is 5.80. The fraction of sp³-hybridized carbons (Fsp3) is 0.529. The highest BCUT2D eigenvalue weighted by atomic mass is 32.2. The van der Waals surface area contributed by atoms with E-state index in [1.54, 1.807) is 0 Å². The summed E-state index contributed by atoms with van der Waals surface area (Å²) in [5, 5.41) is 0.185. The number of fused-ring (bicyclic) bond motifs is 3. The first-order valence-electron chi connectivity index (χ1n) is 8.58. The Morgan fingerprint density at radius 3 is 2.72 bits per heavy atom. The lowest BCUT2D eigenvalue weighted by Crippen LogP contribution is -2.33. The predicted molar refractivity (Wildman–Crippen MR) is 93.9 cm³/mol. The number of aromatic amines is 1. The van der Waals surface area contributed by atoms with Crippen LogP contribution in [0.15, 0.2) is 32.7 Å². The van der Waals surface area contributed by atoms with Crippen LogP contribution in [0.2, 0.25) is 0 Å². The predicted octanol–water partition coefficient (Wildman–Crippen LogP) is 0.941. The van der Waals surface area contributed by atoms with Crippen LogP contribution in [0.25, 0.3) is 10.9 Å². The highest BCUT2D eigenvalue weighted by molar-refractivity contribution is 7.89. The second-order valence-corrected chi connectivity index (χ2v) is 9.06. The molecule has 0 aliphatic heterocycles. The van der Waals surface area contributed by atoms with E-state index in [4.69, 9.17) is 0 Å². The van der Waals surface area contributed by atoms with Crippen LogP contribution in [0.4, 0.5) is 0 Å². The number of hydrogen-bond donors (Lipinski definition) is 2. The van der Waals surface area contributed by atoms with Gasteiger partial charge in [0.15, 0.2) is 0 Å². The standard InChI is InChI=1S/C17H21N3O4S/c1-20-16(21)14-8-13(4-5-15(14)19-17(20)22)25(23,24)18-9-12-7-10-2-3-11(12)6-10/h4-5,8,10-12,18H,2-3,6-7,9H2,1H3,(H,19,22)/t10-,11+,12-/m0/s1. The van der Waals surface area contributed by atoms with E-state index in [1.165, 1.54) is 44.5 Å². The van der Waals surface area contributed by atoms with Gasteiger partial charge >= 0.3 is 5.69 Å². The fourth-order valence-corrected chi connectivity index (χ4v) is 5.50. The number of hydrogen-bond acceptors (Lipinski definition) is 4. The van der Waals surface area contributed by atoms with Crippen molar-refractivity contribution < 1.29 is 8.42 Å². The van der Waals surface area contributed by atoms with Gasteiger partial charge in [-0.1, -0.05) is 6.42 Å². The quantitative estimate of drug-likeness (QED) is 0.844. The zero-order valence-corrected chi connectivity index (χ0v) is 14.8. The van der Waals surface area contributed by atoms with Gasteiger partial charge in [-0.2, -0.15) is 0 Å². The number of sulfonamides is 1. The molecule has 1 aromatic carbocycles. The second kappa shape index (κ2) is 5.81. The van der Waals surface area contributed by atoms with Crippen molar-refractivity contribution in [3.63, 3.8) is 0 Å². The number of aromatic nitrogens is 2. The lowest BCUT2D eigenvalue weighted by atomic mass is 9.89. The van der Waals surface area contributed by atoms with Gasteiger partial charge in [-0.05, 0) is 55.2 Å². The molecule has 8 heteroatoms. The molecule has 7 nitrogen and oxygen atoms in total. The van der Waals surface area contributed by atoms with Crippen molar-refractivity contribution in [3.8, 4) is 0 Å². The largest absolute Gasteiger partial charge is 0.328 e. The lowest BCUT2D eigenvalue weighted by molar-refractivity contribution is 0.333. The third-order valence-corrected chi connectivity index (χ3v) is 7.22. The van der Waals surface area contributed by atoms with Gasteiger partial charge in [-0.25, -0.2) is 17.9 Å². The molecule has 2 saturated carbocycles. The maximum absolute atomic E-state index is 12.6. The number of benzene rings is 1. The molecule has 25 heavy (non-hydrogen) atoms. The first-order valence-corrected chi connectivity index (χ1v) is 10.1. The van der Waals surface area contributed by atoms with Crippen molar-refractivity contribution in [1.29, 1.82) is 0 Å². The minimum Gasteiger partial charge on any atom is -0.307 e. The van der Waals surface area contributed by atoms with Gasteiger partial charge in [-0.15, -0.1) is 0 Å². The van der Waals surface area contributed by atoms with E-state index < -0.39 is 21.3 Å². The third kappa shape index (κ3) is 2.83. The molecule has 2 N–H and O–H groups in total. The molecule has 2 aliphatic rings. The summed E-state index contributed by atoms with van der Waals surface area (Å²) in [4.78, 5) is 26.4. The molecule has 4 rings (SSSR count). The average Bonchev–Trinajstić information content (AvgIpc) is 3.21. The molecule has 2 aromatic rings. The monoisotopic (exact) mass is 363 g/mol. The topological polar surface area (TPSA) is 101 Å². The highest BCUT2D eigenvalue weighted by Crippen LogP contribution is 2.48. The van der Waals surface area contributed by atoms with Crippen molar-refractivity contribution in [3.05, 3.63) is 39.0 Å². The molecule has 0 amide bonds. The Balaban J connectivity index is 1.61. The Bertz CT molecular complexity index is 1050. The van der Waals surface area contributed by atoms with Gasteiger partial charge in [0, 0.05) is 13.6 Å². The molecule has 2 fully saturated rings. The molecule has 1 heterocycles. The van der Waals surface area contributed by atoms with Crippen LogP contribution in [0, 0.1) is 17.8 Å². The zero-order chi connectivity index (χ0) is 17.8. The Morgan fingerprint density at radius 2 is 2.04 bits per heavy atom. The maximum atomic E-state index is 12.6. The lowest BCUT2D eigenvalue weighted by Gasteiger charge is -2.21. The van der Waals surface area contributed by atoms with E-state index >= 15 is 0 Å². The van der Waals surface area contributed by atoms with Crippen molar-refractivity contribution in [2.24, 2.45) is 24.8 Å². The summed E-state index contributed by atoms with van der Waals surface area (Å²) in [6.07, 6.45) is 4.81. The van der Waals surface area contributed by atoms with Crippen LogP contribution in [-0.2, 0) is 17.1 Å². The Morgan fingerprint density at radius 1 is 1.24 bits per heavy atom. The van der Waals surface area contributed by atoms with Gasteiger partial charge < -0.3 is 4.98 Å². The molecule has 2 aliphatic carbocycles. The summed E-state index contributed by atoms with van der Waals surface area (Å²) in [5.41, 5.74) is -0.702. The number of nitrogens with one attached hydrogen (secondary N) is 2. The maximum Gasteiger partial charge on any atom is 0.328 e. The second-order valence-electron chi connectivity index (χ2n) is 7.29. The SMILES string of the molecule is Cn1c(=O)[nH]c2ccc(S(=O)(=O)NC[C@@H]3C[C@H]4CC[C@@H]3C4)cc2c1=O. The van der Waals surface area contributed by atoms with Crippen LogP contribution < -0.4 is 16.0 Å². The number of H-pyrrole nitrogens is 1. The van der Waals surface area contributed by atoms with E-state index in [1.807, 2.05) is 0 Å². The molecule has 3 atom stereocenters. The van der Waals surface area contributed by atoms with E-state index in [0.29, 0.717) is 23.9 Å². The van der Waals surface area contributed by atoms with Crippen LogP contribution in [0.3, 0.4) is 0 Å². The van der Waals surface area contributed by atoms with Crippen molar-refractivity contribution in [2.75, 3.05) is 6.54 Å². The first-order chi connectivity index (χ1) is 11.8. The normalized spacial score (nSPS) is 25.7. The van der Waals surface area contributed by atoms with E-state index in [9.17, 15) is 18.0 Å². The summed E-state index contributed by atoms with van der Waals surface area (Å²) < 4.78 is 28.9. The van der Waals surface area contributed by atoms with E-state index in [-0.39, 0.29) is 10.3 Å². The highest BCUT2D eigenvalue weighted by Gasteiger charge is 2.39. The molecule has 0 radical (unpaired) electrons. The molecule has 2 bridgehead atoms. The first kappa shape index (κ1) is 16.5. The van der Waals surface area contributed by atoms with Crippen LogP contribution in [0.1, 0.15) is 25.7 Å². The number of nitrogens with zero attached hydrogens (tertiary/aromatic N) is 1. The Hall–Kier alpha value is -1.93. The Labute approximate surface area is 145 Å². The minimum atomic E-state index is -3.69. The summed E-state index contributed by atoms with van der Waals surface area (Å²) >= 11 is 0. The van der Waals surface area contributed by atoms with Gasteiger partial charge in [0.05, 0.1) is 15.8 Å². The van der Waals surface area contributed by atoms with Crippen LogP contribution in [-0.4, -0.2) is 24.5 Å². The molecular formula is C17H21N3O4S. The Kier molecular flexibility index (Phi) is 3.84. The molecule has 134 valence electrons. The van der Waals surface area contributed by atoms with Crippen LogP contribution in [0.5, 0.6) is 0 Å².